The van der Waals surface area contributed by atoms with Crippen LogP contribution in [-0.4, -0.2) is 183 Å². The first-order chi connectivity index (χ1) is 35.7. The minimum absolute atomic E-state index is 0.00308. The molecule has 3 fully saturated rings. The van der Waals surface area contributed by atoms with Gasteiger partial charge in [0.25, 0.3) is 17.1 Å². The van der Waals surface area contributed by atoms with Crippen molar-refractivity contribution in [2.24, 2.45) is 13.0 Å². The average Bonchev–Trinajstić information content (AvgIpc) is 4.21. The average molecular weight is 1160 g/mol. The van der Waals surface area contributed by atoms with Crippen LogP contribution < -0.4 is 32.9 Å². The number of nitrogen functional groups attached to an aromatic ring is 3. The third kappa shape index (κ3) is 10.8. The predicted molar refractivity (Wildman–Crippen MR) is 251 cm³/mol. The number of hydrogen-bond donors (Lipinski definition) is 12. The van der Waals surface area contributed by atoms with Gasteiger partial charge in [-0.3, -0.25) is 51.5 Å². The summed E-state index contributed by atoms with van der Waals surface area (Å²) in [7, 11) is -18.2. The number of anilines is 3. The largest absolute Gasteiger partial charge is 0.479 e. The van der Waals surface area contributed by atoms with Gasteiger partial charge in [-0.05, 0) is 0 Å². The molecule has 3 saturated heterocycles. The number of aliphatic hydroxyl groups is 3. The first kappa shape index (κ1) is 55.7. The van der Waals surface area contributed by atoms with Crippen molar-refractivity contribution in [3.8, 4) is 0 Å². The highest BCUT2D eigenvalue weighted by atomic mass is 31.3. The van der Waals surface area contributed by atoms with Crippen LogP contribution in [0, 0.1) is 5.92 Å². The van der Waals surface area contributed by atoms with Gasteiger partial charge in [0.1, 0.15) is 54.1 Å². The Morgan fingerprint density at radius 3 is 2.08 bits per heavy atom. The highest BCUT2D eigenvalue weighted by Gasteiger charge is 2.58. The Kier molecular flexibility index (Phi) is 15.3. The van der Waals surface area contributed by atoms with Crippen LogP contribution in [0.2, 0.25) is 0 Å². The SMILES string of the molecule is COC[C@H]1[C@@H](O)[C@H]([n+]2cn(C)c3c(=O)[nH]c(N)nc32)O[C@@H]1COP(=O)(O)OP(=O)(O)CP(=O)(O)OCC1O[C@@H](n2cnc3c(N)ncnc32)[C@H](OC)[C@@H]1P(=O)(O)OC[C@H]1O[C@@H](n2cnc3c(=O)[nH]c(N)nc32)[C@H](O)[C@@H]1O. The van der Waals surface area contributed by atoms with E-state index in [1.807, 2.05) is 0 Å². The summed E-state index contributed by atoms with van der Waals surface area (Å²) in [6, 6.07) is 0. The molecular weight excluding hydrogens is 1110 g/mol. The van der Waals surface area contributed by atoms with E-state index in [0.29, 0.717) is 0 Å². The lowest BCUT2D eigenvalue weighted by atomic mass is 9.99. The lowest BCUT2D eigenvalue weighted by Crippen LogP contribution is -2.45. The van der Waals surface area contributed by atoms with E-state index in [4.69, 9.17) is 54.5 Å². The van der Waals surface area contributed by atoms with E-state index in [9.17, 15) is 62.7 Å². The fourth-order valence-electron chi connectivity index (χ4n) is 9.15. The summed E-state index contributed by atoms with van der Waals surface area (Å²) in [6.07, 6.45) is -10.8. The Bertz CT molecular complexity index is 3490. The van der Waals surface area contributed by atoms with E-state index in [1.54, 1.807) is 0 Å². The van der Waals surface area contributed by atoms with Crippen molar-refractivity contribution >= 4 is 81.8 Å². The summed E-state index contributed by atoms with van der Waals surface area (Å²) < 4.78 is 108. The van der Waals surface area contributed by atoms with Crippen LogP contribution >= 0.6 is 30.6 Å². The summed E-state index contributed by atoms with van der Waals surface area (Å²) in [6.45, 7) is -3.23. The zero-order valence-corrected chi connectivity index (χ0v) is 43.1. The monoisotopic (exact) mass is 1160 g/mol. The number of methoxy groups -OCH3 is 2. The van der Waals surface area contributed by atoms with Gasteiger partial charge in [0, 0.05) is 20.1 Å². The van der Waals surface area contributed by atoms with E-state index < -0.39 is 140 Å². The molecule has 0 spiro atoms. The van der Waals surface area contributed by atoms with Crippen LogP contribution in [0.3, 0.4) is 0 Å². The molecule has 0 aliphatic carbocycles. The molecule has 0 amide bonds. The van der Waals surface area contributed by atoms with Crippen LogP contribution in [0.15, 0.2) is 34.9 Å². The van der Waals surface area contributed by atoms with E-state index in [2.05, 4.69) is 44.2 Å². The molecule has 6 aromatic heterocycles. The Morgan fingerprint density at radius 1 is 0.724 bits per heavy atom. The summed E-state index contributed by atoms with van der Waals surface area (Å²) >= 11 is 0. The first-order valence-electron chi connectivity index (χ1n) is 22.1. The van der Waals surface area contributed by atoms with Gasteiger partial charge in [-0.1, -0.05) is 4.98 Å². The van der Waals surface area contributed by atoms with Gasteiger partial charge in [0.15, 0.2) is 47.3 Å². The molecular formula is C35H50N15O22P4+. The summed E-state index contributed by atoms with van der Waals surface area (Å²) in [4.78, 5) is 97.8. The third-order valence-electron chi connectivity index (χ3n) is 12.5. The molecule has 15 N–H and O–H groups in total. The standard InChI is InChI=1S/C35H49N15O22P4/c1-47-11-50(28-19(47)30(55)46-35(38)44-28)31-20(51)13(4-64-2)14(69-31)5-68-76(62,63)72-74(58,59)12-73(56,57)66-7-16-24(23(65-3)33(71-16)48-9-41-17-25(36)39-8-40-26(17)48)75(60,61)67-6-15-21(52)22(53)32(70-15)49-10-42-18-27(49)43-34(37)45-29(18)54/h8-11,13-16,20-24,31-33,51-53H,4-7,12H2,1-3H3,(H11-,36,37,38,39,40,43,44,45,46,54,55,56,57,58,59,60,61,62,63)/p+1/t13-,14-,15-,16?,20-,21-,22-,23-,24-,31-,32-,33-/m1/s1. The maximum Gasteiger partial charge on any atom is 0.479 e. The molecule has 16 atom stereocenters. The molecule has 9 rings (SSSR count). The number of nitrogens with zero attached hydrogens (tertiary/aromatic N) is 10. The van der Waals surface area contributed by atoms with Gasteiger partial charge in [-0.25, -0.2) is 33.4 Å². The van der Waals surface area contributed by atoms with Crippen LogP contribution in [-0.2, 0) is 66.9 Å². The molecule has 0 bridgehead atoms. The molecule has 3 aliphatic rings. The minimum atomic E-state index is -5.69. The van der Waals surface area contributed by atoms with E-state index in [0.717, 1.165) is 24.3 Å². The van der Waals surface area contributed by atoms with Crippen molar-refractivity contribution in [1.82, 2.24) is 53.6 Å². The molecule has 41 heteroatoms. The van der Waals surface area contributed by atoms with Crippen molar-refractivity contribution in [2.75, 3.05) is 63.8 Å². The number of rotatable bonds is 20. The molecule has 76 heavy (non-hydrogen) atoms. The fourth-order valence-corrected chi connectivity index (χ4v) is 15.9. The molecule has 416 valence electrons. The topological polar surface area (TPSA) is 533 Å². The number of aryl methyl sites for hydroxylation is 1. The first-order valence-corrected chi connectivity index (χ1v) is 28.8. The zero-order valence-electron chi connectivity index (χ0n) is 39.5. The Hall–Kier alpha value is -5.07. The Labute approximate surface area is 423 Å². The number of hydrogen-bond acceptors (Lipinski definition) is 27. The van der Waals surface area contributed by atoms with Crippen LogP contribution in [0.5, 0.6) is 0 Å². The number of H-pyrrole nitrogens is 2. The van der Waals surface area contributed by atoms with Crippen LogP contribution in [0.1, 0.15) is 18.7 Å². The van der Waals surface area contributed by atoms with E-state index in [-0.39, 0.29) is 57.8 Å². The van der Waals surface area contributed by atoms with Gasteiger partial charge in [0.05, 0.1) is 52.2 Å². The van der Waals surface area contributed by atoms with Crippen molar-refractivity contribution in [1.29, 1.82) is 0 Å². The number of nitrogens with two attached hydrogens (primary N) is 3. The molecule has 37 nitrogen and oxygen atoms in total. The quantitative estimate of drug-likeness (QED) is 0.0259. The Balaban J connectivity index is 0.888. The minimum Gasteiger partial charge on any atom is -0.387 e. The predicted octanol–water partition coefficient (Wildman–Crippen LogP) is -3.63. The van der Waals surface area contributed by atoms with Gasteiger partial charge in [-0.2, -0.15) is 4.98 Å². The molecule has 9 heterocycles. The van der Waals surface area contributed by atoms with Crippen LogP contribution in [0.4, 0.5) is 17.7 Å². The number of nitrogens with one attached hydrogen (secondary N) is 2. The number of fused-ring (bicyclic) bond motifs is 3. The second-order valence-corrected chi connectivity index (χ2v) is 25.3. The number of phosphoric ester groups is 1. The lowest BCUT2D eigenvalue weighted by molar-refractivity contribution is -0.745. The smallest absolute Gasteiger partial charge is 0.387 e. The Morgan fingerprint density at radius 2 is 1.37 bits per heavy atom. The number of aliphatic hydroxyl groups excluding tert-OH is 3. The second kappa shape index (κ2) is 21.0. The normalized spacial score (nSPS) is 30.2. The van der Waals surface area contributed by atoms with Gasteiger partial charge >= 0.3 is 36.3 Å². The highest BCUT2D eigenvalue weighted by molar-refractivity contribution is 7.74. The van der Waals surface area contributed by atoms with Crippen molar-refractivity contribution in [3.63, 3.8) is 0 Å². The number of aromatic amines is 2. The van der Waals surface area contributed by atoms with Crippen LogP contribution in [0.25, 0.3) is 33.5 Å². The molecule has 0 radical (unpaired) electrons. The van der Waals surface area contributed by atoms with Gasteiger partial charge < -0.3 is 84.8 Å². The number of ether oxygens (including phenoxy) is 5. The maximum absolute atomic E-state index is 14.5. The molecule has 0 aromatic carbocycles. The fraction of sp³-hybridized carbons (Fsp3) is 0.571. The number of aromatic nitrogens is 12. The highest BCUT2D eigenvalue weighted by Crippen LogP contribution is 2.67. The maximum atomic E-state index is 14.5. The van der Waals surface area contributed by atoms with Crippen molar-refractivity contribution in [3.05, 3.63) is 46.0 Å². The summed E-state index contributed by atoms with van der Waals surface area (Å²) in [5.74, 6) is -3.52. The molecule has 6 aromatic rings. The number of phosphoric acid groups is 1. The van der Waals surface area contributed by atoms with Gasteiger partial charge in [-0.15, -0.1) is 0 Å². The van der Waals surface area contributed by atoms with E-state index >= 15 is 0 Å². The van der Waals surface area contributed by atoms with Crippen molar-refractivity contribution < 1.29 is 99.3 Å². The lowest BCUT2D eigenvalue weighted by Gasteiger charge is -2.28. The van der Waals surface area contributed by atoms with Crippen molar-refractivity contribution in [2.45, 2.75) is 67.1 Å². The van der Waals surface area contributed by atoms with Gasteiger partial charge in [0.2, 0.25) is 17.7 Å². The molecule has 3 aliphatic heterocycles. The second-order valence-electron chi connectivity index (χ2n) is 17.5. The molecule has 0 saturated carbocycles. The van der Waals surface area contributed by atoms with E-state index in [1.165, 1.54) is 40.5 Å². The summed E-state index contributed by atoms with van der Waals surface area (Å²) in [5.41, 5.74) is 14.0. The molecule has 5 unspecified atom stereocenters. The third-order valence-corrected chi connectivity index (χ3v) is 20.1. The zero-order chi connectivity index (χ0) is 55.0. The summed E-state index contributed by atoms with van der Waals surface area (Å²) in [5, 5.41) is 33.3. The number of imidazole rings is 3.